The van der Waals surface area contributed by atoms with E-state index in [1.165, 1.54) is 11.1 Å². The largest absolute Gasteiger partial charge is 0.395 e. The first kappa shape index (κ1) is 13.4. The molecule has 88 valence electrons. The lowest BCUT2D eigenvalue weighted by Crippen LogP contribution is -2.33. The molecule has 0 saturated carbocycles. The van der Waals surface area contributed by atoms with Gasteiger partial charge in [-0.1, -0.05) is 11.6 Å². The molecule has 1 heterocycles. The van der Waals surface area contributed by atoms with Crippen molar-refractivity contribution in [1.29, 1.82) is 0 Å². The summed E-state index contributed by atoms with van der Waals surface area (Å²) in [6, 6.07) is 1.62. The summed E-state index contributed by atoms with van der Waals surface area (Å²) in [6.45, 7) is 2.58. The van der Waals surface area contributed by atoms with Crippen molar-refractivity contribution in [2.45, 2.75) is 6.92 Å². The molecule has 1 amide bonds. The summed E-state index contributed by atoms with van der Waals surface area (Å²) in [5.41, 5.74) is 0.339. The smallest absolute Gasteiger partial charge is 0.257 e. The van der Waals surface area contributed by atoms with Crippen LogP contribution in [-0.2, 0) is 0 Å². The van der Waals surface area contributed by atoms with Gasteiger partial charge in [0.15, 0.2) is 0 Å². The first-order valence-electron chi connectivity index (χ1n) is 4.81. The number of aliphatic hydroxyl groups is 1. The zero-order chi connectivity index (χ0) is 12.1. The standard InChI is InChI=1S/C10H12BrClN2O2/c1-2-14(3-4-15)10(16)8-5-7(11)6-13-9(8)12/h5-6,15H,2-4H2,1H3. The van der Waals surface area contributed by atoms with Gasteiger partial charge in [0.2, 0.25) is 0 Å². The highest BCUT2D eigenvalue weighted by atomic mass is 79.9. The molecule has 0 saturated heterocycles. The van der Waals surface area contributed by atoms with E-state index in [0.29, 0.717) is 16.6 Å². The molecule has 1 N–H and O–H groups in total. The predicted molar refractivity (Wildman–Crippen MR) is 65.6 cm³/mol. The number of aliphatic hydroxyl groups excluding tert-OH is 1. The van der Waals surface area contributed by atoms with Crippen LogP contribution >= 0.6 is 27.5 Å². The number of amides is 1. The second kappa shape index (κ2) is 6.18. The van der Waals surface area contributed by atoms with Crippen molar-refractivity contribution in [2.24, 2.45) is 0 Å². The number of hydrogen-bond acceptors (Lipinski definition) is 3. The Balaban J connectivity index is 2.98. The van der Waals surface area contributed by atoms with E-state index in [1.807, 2.05) is 6.92 Å². The SMILES string of the molecule is CCN(CCO)C(=O)c1cc(Br)cnc1Cl. The molecule has 0 aliphatic heterocycles. The van der Waals surface area contributed by atoms with Gasteiger partial charge in [0.1, 0.15) is 5.15 Å². The molecule has 0 fully saturated rings. The lowest BCUT2D eigenvalue weighted by Gasteiger charge is -2.19. The Labute approximate surface area is 107 Å². The highest BCUT2D eigenvalue weighted by molar-refractivity contribution is 9.10. The fraction of sp³-hybridized carbons (Fsp3) is 0.400. The minimum atomic E-state index is -0.227. The lowest BCUT2D eigenvalue weighted by atomic mass is 10.2. The third kappa shape index (κ3) is 3.17. The molecular formula is C10H12BrClN2O2. The topological polar surface area (TPSA) is 53.4 Å². The summed E-state index contributed by atoms with van der Waals surface area (Å²) in [5.74, 6) is -0.227. The van der Waals surface area contributed by atoms with Crippen molar-refractivity contribution in [1.82, 2.24) is 9.88 Å². The van der Waals surface area contributed by atoms with Crippen LogP contribution in [-0.4, -0.2) is 40.6 Å². The molecule has 0 unspecified atom stereocenters. The van der Waals surface area contributed by atoms with Gasteiger partial charge in [-0.3, -0.25) is 4.79 Å². The van der Waals surface area contributed by atoms with Crippen LogP contribution in [0.3, 0.4) is 0 Å². The zero-order valence-corrected chi connectivity index (χ0v) is 11.1. The van der Waals surface area contributed by atoms with Crippen molar-refractivity contribution in [3.8, 4) is 0 Å². The monoisotopic (exact) mass is 306 g/mol. The Morgan fingerprint density at radius 1 is 1.69 bits per heavy atom. The summed E-state index contributed by atoms with van der Waals surface area (Å²) in [7, 11) is 0. The summed E-state index contributed by atoms with van der Waals surface area (Å²) in [4.78, 5) is 17.4. The first-order chi connectivity index (χ1) is 7.60. The Morgan fingerprint density at radius 2 is 2.38 bits per heavy atom. The number of likely N-dealkylation sites (N-methyl/N-ethyl adjacent to an activating group) is 1. The van der Waals surface area contributed by atoms with Gasteiger partial charge in [-0.05, 0) is 28.9 Å². The van der Waals surface area contributed by atoms with E-state index in [0.717, 1.165) is 0 Å². The highest BCUT2D eigenvalue weighted by Gasteiger charge is 2.17. The van der Waals surface area contributed by atoms with E-state index >= 15 is 0 Å². The second-order valence-corrected chi connectivity index (χ2v) is 4.37. The summed E-state index contributed by atoms with van der Waals surface area (Å²) < 4.78 is 0.695. The van der Waals surface area contributed by atoms with Gasteiger partial charge in [0.25, 0.3) is 5.91 Å². The molecule has 16 heavy (non-hydrogen) atoms. The number of aromatic nitrogens is 1. The van der Waals surface area contributed by atoms with Crippen LogP contribution in [0.25, 0.3) is 0 Å². The lowest BCUT2D eigenvalue weighted by molar-refractivity contribution is 0.0731. The molecule has 1 aromatic rings. The maximum absolute atomic E-state index is 12.0. The maximum atomic E-state index is 12.0. The molecule has 0 radical (unpaired) electrons. The van der Waals surface area contributed by atoms with E-state index in [-0.39, 0.29) is 24.2 Å². The molecule has 1 rings (SSSR count). The fourth-order valence-corrected chi connectivity index (χ4v) is 1.78. The molecule has 0 atom stereocenters. The number of hydrogen-bond donors (Lipinski definition) is 1. The summed E-state index contributed by atoms with van der Waals surface area (Å²) >= 11 is 9.08. The molecule has 4 nitrogen and oxygen atoms in total. The number of rotatable bonds is 4. The van der Waals surface area contributed by atoms with Crippen LogP contribution < -0.4 is 0 Å². The zero-order valence-electron chi connectivity index (χ0n) is 8.78. The molecule has 0 aliphatic rings. The van der Waals surface area contributed by atoms with Gasteiger partial charge in [-0.25, -0.2) is 4.98 Å². The van der Waals surface area contributed by atoms with Crippen LogP contribution in [0.5, 0.6) is 0 Å². The number of carbonyl (C=O) groups is 1. The van der Waals surface area contributed by atoms with E-state index in [4.69, 9.17) is 16.7 Å². The summed E-state index contributed by atoms with van der Waals surface area (Å²) in [5, 5.41) is 9.01. The van der Waals surface area contributed by atoms with Gasteiger partial charge >= 0.3 is 0 Å². The quantitative estimate of drug-likeness (QED) is 0.865. The van der Waals surface area contributed by atoms with Gasteiger partial charge in [0.05, 0.1) is 12.2 Å². The van der Waals surface area contributed by atoms with E-state index in [9.17, 15) is 4.79 Å². The number of carbonyl (C=O) groups excluding carboxylic acids is 1. The fourth-order valence-electron chi connectivity index (χ4n) is 1.27. The minimum Gasteiger partial charge on any atom is -0.395 e. The average molecular weight is 308 g/mol. The van der Waals surface area contributed by atoms with Crippen molar-refractivity contribution in [3.63, 3.8) is 0 Å². The number of halogens is 2. The molecular weight excluding hydrogens is 295 g/mol. The number of pyridine rings is 1. The van der Waals surface area contributed by atoms with E-state index in [2.05, 4.69) is 20.9 Å². The molecule has 0 aliphatic carbocycles. The highest BCUT2D eigenvalue weighted by Crippen LogP contribution is 2.19. The van der Waals surface area contributed by atoms with E-state index in [1.54, 1.807) is 6.07 Å². The number of nitrogens with zero attached hydrogens (tertiary/aromatic N) is 2. The van der Waals surface area contributed by atoms with E-state index < -0.39 is 0 Å². The second-order valence-electron chi connectivity index (χ2n) is 3.10. The third-order valence-corrected chi connectivity index (χ3v) is 2.81. The van der Waals surface area contributed by atoms with Crippen LogP contribution in [0.15, 0.2) is 16.7 Å². The normalized spacial score (nSPS) is 10.2. The molecule has 6 heteroatoms. The van der Waals surface area contributed by atoms with Gasteiger partial charge in [0, 0.05) is 23.8 Å². The van der Waals surface area contributed by atoms with Crippen molar-refractivity contribution in [3.05, 3.63) is 27.5 Å². The van der Waals surface area contributed by atoms with Crippen LogP contribution in [0.1, 0.15) is 17.3 Å². The predicted octanol–water partition coefficient (Wildman–Crippen LogP) is 1.95. The van der Waals surface area contributed by atoms with Crippen molar-refractivity contribution >= 4 is 33.4 Å². The molecule has 1 aromatic heterocycles. The van der Waals surface area contributed by atoms with Gasteiger partial charge in [-0.2, -0.15) is 0 Å². The summed E-state index contributed by atoms with van der Waals surface area (Å²) in [6.07, 6.45) is 1.53. The van der Waals surface area contributed by atoms with Crippen molar-refractivity contribution < 1.29 is 9.90 Å². The Morgan fingerprint density at radius 3 is 2.94 bits per heavy atom. The Kier molecular flexibility index (Phi) is 5.18. The van der Waals surface area contributed by atoms with Crippen LogP contribution in [0.4, 0.5) is 0 Å². The average Bonchev–Trinajstić information content (AvgIpc) is 2.28. The maximum Gasteiger partial charge on any atom is 0.257 e. The minimum absolute atomic E-state index is 0.0708. The van der Waals surface area contributed by atoms with Crippen LogP contribution in [0, 0.1) is 0 Å². The third-order valence-electron chi connectivity index (χ3n) is 2.07. The van der Waals surface area contributed by atoms with Crippen molar-refractivity contribution in [2.75, 3.05) is 19.7 Å². The molecule has 0 bridgehead atoms. The van der Waals surface area contributed by atoms with Gasteiger partial charge in [-0.15, -0.1) is 0 Å². The molecule has 0 spiro atoms. The van der Waals surface area contributed by atoms with Crippen LogP contribution in [0.2, 0.25) is 5.15 Å². The molecule has 0 aromatic carbocycles. The van der Waals surface area contributed by atoms with Gasteiger partial charge < -0.3 is 10.0 Å². The Hall–Kier alpha value is -0.650. The first-order valence-corrected chi connectivity index (χ1v) is 5.98. The Bertz CT molecular complexity index is 387.